The van der Waals surface area contributed by atoms with Gasteiger partial charge in [0.2, 0.25) is 0 Å². The largest absolute Gasteiger partial charge is 0.365 e. The Labute approximate surface area is 290 Å². The summed E-state index contributed by atoms with van der Waals surface area (Å²) in [6.45, 7) is 5.59. The van der Waals surface area contributed by atoms with Gasteiger partial charge in [-0.1, -0.05) is 97.9 Å². The molecule has 252 valence electrons. The minimum absolute atomic E-state index is 0.557. The second-order valence-corrected chi connectivity index (χ2v) is 18.3. The maximum Gasteiger partial charge on any atom is 0.198 e. The predicted octanol–water partition coefficient (Wildman–Crippen LogP) is 8.23. The Bertz CT molecular complexity index is 1570. The lowest BCUT2D eigenvalue weighted by Crippen LogP contribution is -2.77. The van der Waals surface area contributed by atoms with Crippen molar-refractivity contribution in [2.75, 3.05) is 4.90 Å². The molecule has 4 heterocycles. The number of nitrogens with zero attached hydrogens (tertiary/aromatic N) is 4. The highest BCUT2D eigenvalue weighted by Gasteiger charge is 2.67. The number of para-hydroxylation sites is 1. The minimum atomic E-state index is 0.557. The number of benzene rings is 2. The van der Waals surface area contributed by atoms with Gasteiger partial charge in [-0.3, -0.25) is 0 Å². The molecule has 0 bridgehead atoms. The number of hydrogen-bond acceptors (Lipinski definition) is 4. The van der Waals surface area contributed by atoms with Crippen LogP contribution in [-0.4, -0.2) is 64.8 Å². The van der Waals surface area contributed by atoms with Crippen LogP contribution in [0.4, 0.5) is 5.69 Å². The van der Waals surface area contributed by atoms with Crippen LogP contribution in [0.25, 0.3) is 0 Å². The van der Waals surface area contributed by atoms with E-state index in [2.05, 4.69) is 77.1 Å². The van der Waals surface area contributed by atoms with Crippen LogP contribution in [0.5, 0.6) is 0 Å². The van der Waals surface area contributed by atoms with E-state index in [1.54, 1.807) is 16.6 Å². The molecule has 48 heavy (non-hydrogen) atoms. The highest BCUT2D eigenvalue weighted by molar-refractivity contribution is 6.77. The average Bonchev–Trinajstić information content (AvgIpc) is 3.66. The van der Waals surface area contributed by atoms with Crippen molar-refractivity contribution in [3.8, 4) is 0 Å². The molecule has 9 aliphatic rings. The van der Waals surface area contributed by atoms with Crippen LogP contribution in [0.3, 0.4) is 0 Å². The zero-order chi connectivity index (χ0) is 31.7. The number of anilines is 1. The third-order valence-corrected chi connectivity index (χ3v) is 16.5. The molecule has 5 aliphatic carbocycles. The van der Waals surface area contributed by atoms with Crippen molar-refractivity contribution in [2.45, 2.75) is 164 Å². The van der Waals surface area contributed by atoms with E-state index in [4.69, 9.17) is 4.99 Å². The summed E-state index contributed by atoms with van der Waals surface area (Å²) in [5.74, 6) is 6.41. The Morgan fingerprint density at radius 2 is 1.35 bits per heavy atom. The Hall–Kier alpha value is -2.43. The Kier molecular flexibility index (Phi) is 6.74. The summed E-state index contributed by atoms with van der Waals surface area (Å²) in [6, 6.07) is 23.7. The molecule has 0 amide bonds. The van der Waals surface area contributed by atoms with E-state index < -0.39 is 0 Å². The number of aryl methyl sites for hydroxylation is 2. The van der Waals surface area contributed by atoms with E-state index in [0.717, 1.165) is 41.6 Å². The zero-order valence-corrected chi connectivity index (χ0v) is 29.6. The Morgan fingerprint density at radius 1 is 0.583 bits per heavy atom. The van der Waals surface area contributed by atoms with Crippen molar-refractivity contribution in [1.82, 2.24) is 9.80 Å². The van der Waals surface area contributed by atoms with Gasteiger partial charge in [-0.2, -0.15) is 0 Å². The fraction of sp³-hybridized carbons (Fsp3) is 0.698. The van der Waals surface area contributed by atoms with Crippen LogP contribution < -0.4 is 10.4 Å². The maximum absolute atomic E-state index is 5.90. The third-order valence-electron chi connectivity index (χ3n) is 16.5. The van der Waals surface area contributed by atoms with E-state index in [1.807, 2.05) is 0 Å². The van der Waals surface area contributed by atoms with Gasteiger partial charge in [0.25, 0.3) is 0 Å². The minimum Gasteiger partial charge on any atom is -0.365 e. The Balaban J connectivity index is 1.09. The molecular formula is C43H57BN4. The normalized spacial score (nSPS) is 43.8. The molecular weight excluding hydrogens is 583 g/mol. The lowest BCUT2D eigenvalue weighted by molar-refractivity contribution is -0.0592. The molecule has 2 aromatic carbocycles. The summed E-state index contributed by atoms with van der Waals surface area (Å²) in [4.78, 5) is 15.2. The van der Waals surface area contributed by atoms with Crippen LogP contribution >= 0.6 is 0 Å². The highest BCUT2D eigenvalue weighted by atomic mass is 15.5. The number of aliphatic imine (C=N–C) groups is 1. The monoisotopic (exact) mass is 640 g/mol. The van der Waals surface area contributed by atoms with Crippen LogP contribution in [0.15, 0.2) is 53.5 Å². The molecule has 4 aliphatic heterocycles. The summed E-state index contributed by atoms with van der Waals surface area (Å²) in [7, 11) is 0. The second kappa shape index (κ2) is 11.0. The first kappa shape index (κ1) is 29.3. The van der Waals surface area contributed by atoms with Crippen molar-refractivity contribution in [3.63, 3.8) is 0 Å². The topological polar surface area (TPSA) is 22.1 Å². The van der Waals surface area contributed by atoms with E-state index in [9.17, 15) is 0 Å². The Morgan fingerprint density at radius 3 is 2.21 bits per heavy atom. The van der Waals surface area contributed by atoms with Crippen molar-refractivity contribution in [2.24, 2.45) is 28.7 Å². The number of hydrogen-bond donors (Lipinski definition) is 0. The summed E-state index contributed by atoms with van der Waals surface area (Å²) >= 11 is 0. The molecule has 8 fully saturated rings. The molecule has 11 rings (SSSR count). The maximum atomic E-state index is 5.90. The first-order valence-corrected chi connectivity index (χ1v) is 20.7. The van der Waals surface area contributed by atoms with Gasteiger partial charge < -0.3 is 14.7 Å². The highest BCUT2D eigenvalue weighted by Crippen LogP contribution is 2.63. The fourth-order valence-electron chi connectivity index (χ4n) is 15.1. The van der Waals surface area contributed by atoms with Crippen molar-refractivity contribution in [3.05, 3.63) is 59.7 Å². The molecule has 0 N–H and O–H groups in total. The first-order chi connectivity index (χ1) is 23.7. The molecule has 5 saturated carbocycles. The SMILES string of the molecule is Cc1cccc(C)c1B1C2CC3C(CC2N2C4=NC5CCCCC5N4C4CCCC5CCC1C2C54)C1CCCCC1N3c1ccccc1. The molecule has 0 radical (unpaired) electrons. The van der Waals surface area contributed by atoms with Gasteiger partial charge >= 0.3 is 0 Å². The van der Waals surface area contributed by atoms with Gasteiger partial charge in [-0.15, -0.1) is 0 Å². The molecule has 13 atom stereocenters. The van der Waals surface area contributed by atoms with Gasteiger partial charge in [-0.25, -0.2) is 4.99 Å². The molecule has 0 spiro atoms. The lowest BCUT2D eigenvalue weighted by atomic mass is 9.22. The van der Waals surface area contributed by atoms with Gasteiger partial charge in [0.1, 0.15) is 0 Å². The molecule has 3 saturated heterocycles. The summed E-state index contributed by atoms with van der Waals surface area (Å²) in [5.41, 5.74) is 6.40. The van der Waals surface area contributed by atoms with Crippen molar-refractivity contribution < 1.29 is 0 Å². The summed E-state index contributed by atoms with van der Waals surface area (Å²) in [6.07, 6.45) is 21.2. The number of guanidine groups is 1. The van der Waals surface area contributed by atoms with Gasteiger partial charge in [0, 0.05) is 41.8 Å². The lowest BCUT2D eigenvalue weighted by Gasteiger charge is -2.68. The zero-order valence-electron chi connectivity index (χ0n) is 29.6. The van der Waals surface area contributed by atoms with Gasteiger partial charge in [0.15, 0.2) is 12.7 Å². The molecule has 5 heteroatoms. The van der Waals surface area contributed by atoms with E-state index in [-0.39, 0.29) is 0 Å². The number of fused-ring (bicyclic) bond motifs is 10. The standard InChI is InChI=1S/C43H57BN4/c1-26-12-10-13-27(2)41(26)44-32-23-22-28-14-11-21-37-40(28)42(32)48(43-45-34-18-7-9-20-36(34)47(37)43)39-24-31-30-17-6-8-19-35(30)46(38(31)25-33(39)44)29-15-4-3-5-16-29/h3-5,10,12-13,15-16,28,30-40,42H,6-9,11,14,17-25H2,1-2H3. The van der Waals surface area contributed by atoms with Crippen molar-refractivity contribution >= 4 is 23.8 Å². The van der Waals surface area contributed by atoms with E-state index in [1.165, 1.54) is 108 Å². The van der Waals surface area contributed by atoms with Gasteiger partial charge in [-0.05, 0) is 107 Å². The summed E-state index contributed by atoms with van der Waals surface area (Å²) in [5, 5.41) is 0. The molecule has 0 aromatic heterocycles. The quantitative estimate of drug-likeness (QED) is 0.309. The smallest absolute Gasteiger partial charge is 0.198 e. The van der Waals surface area contributed by atoms with Crippen LogP contribution in [-0.2, 0) is 0 Å². The average molecular weight is 641 g/mol. The van der Waals surface area contributed by atoms with Crippen LogP contribution in [0.1, 0.15) is 107 Å². The predicted molar refractivity (Wildman–Crippen MR) is 199 cm³/mol. The molecule has 13 unspecified atom stereocenters. The fourth-order valence-corrected chi connectivity index (χ4v) is 15.1. The van der Waals surface area contributed by atoms with E-state index >= 15 is 0 Å². The van der Waals surface area contributed by atoms with E-state index in [0.29, 0.717) is 42.7 Å². The van der Waals surface area contributed by atoms with Crippen LogP contribution in [0, 0.1) is 37.5 Å². The first-order valence-electron chi connectivity index (χ1n) is 20.7. The van der Waals surface area contributed by atoms with Crippen molar-refractivity contribution in [1.29, 1.82) is 0 Å². The number of rotatable bonds is 2. The molecule has 2 aromatic rings. The van der Waals surface area contributed by atoms with Gasteiger partial charge in [0.05, 0.1) is 12.1 Å². The molecule has 4 nitrogen and oxygen atoms in total. The second-order valence-electron chi connectivity index (χ2n) is 18.3. The summed E-state index contributed by atoms with van der Waals surface area (Å²) < 4.78 is 0. The third kappa shape index (κ3) is 4.00. The van der Waals surface area contributed by atoms with Crippen LogP contribution in [0.2, 0.25) is 11.6 Å².